The molecular formula is C15H11F. The highest BCUT2D eigenvalue weighted by Gasteiger charge is 1.98. The molecule has 0 radical (unpaired) electrons. The van der Waals surface area contributed by atoms with Gasteiger partial charge in [-0.25, -0.2) is 4.39 Å². The highest BCUT2D eigenvalue weighted by Crippen LogP contribution is 2.20. The summed E-state index contributed by atoms with van der Waals surface area (Å²) in [6.07, 6.45) is 0. The maximum atomic E-state index is 13.0. The van der Waals surface area contributed by atoms with E-state index in [9.17, 15) is 4.39 Å². The Morgan fingerprint density at radius 1 is 0.938 bits per heavy atom. The molecule has 0 heterocycles. The second-order valence-electron chi connectivity index (χ2n) is 3.46. The third-order valence-electron chi connectivity index (χ3n) is 2.31. The van der Waals surface area contributed by atoms with Gasteiger partial charge in [-0.15, -0.1) is 5.92 Å². The van der Waals surface area contributed by atoms with Crippen LogP contribution in [0.2, 0.25) is 0 Å². The quantitative estimate of drug-likeness (QED) is 0.627. The van der Waals surface area contributed by atoms with Crippen molar-refractivity contribution in [3.8, 4) is 23.0 Å². The van der Waals surface area contributed by atoms with Crippen molar-refractivity contribution in [2.45, 2.75) is 6.92 Å². The van der Waals surface area contributed by atoms with Crippen molar-refractivity contribution in [3.05, 3.63) is 59.9 Å². The van der Waals surface area contributed by atoms with Crippen molar-refractivity contribution in [2.75, 3.05) is 0 Å². The molecule has 0 fully saturated rings. The minimum absolute atomic E-state index is 0.213. The summed E-state index contributed by atoms with van der Waals surface area (Å²) in [5.74, 6) is 5.60. The summed E-state index contributed by atoms with van der Waals surface area (Å²) in [7, 11) is 0. The number of rotatable bonds is 1. The van der Waals surface area contributed by atoms with E-state index in [1.54, 1.807) is 13.0 Å². The number of hydrogen-bond acceptors (Lipinski definition) is 0. The number of benzene rings is 2. The zero-order valence-electron chi connectivity index (χ0n) is 9.00. The molecule has 0 bridgehead atoms. The van der Waals surface area contributed by atoms with E-state index in [4.69, 9.17) is 0 Å². The van der Waals surface area contributed by atoms with Crippen LogP contribution in [0.4, 0.5) is 4.39 Å². The van der Waals surface area contributed by atoms with Gasteiger partial charge < -0.3 is 0 Å². The van der Waals surface area contributed by atoms with Crippen LogP contribution in [0.1, 0.15) is 12.5 Å². The largest absolute Gasteiger partial charge is 0.207 e. The van der Waals surface area contributed by atoms with E-state index in [0.717, 1.165) is 16.7 Å². The van der Waals surface area contributed by atoms with Gasteiger partial charge in [0.15, 0.2) is 0 Å². The highest BCUT2D eigenvalue weighted by atomic mass is 19.1. The predicted octanol–water partition coefficient (Wildman–Crippen LogP) is 3.86. The molecule has 78 valence electrons. The lowest BCUT2D eigenvalue weighted by Gasteiger charge is -2.01. The van der Waals surface area contributed by atoms with Crippen LogP contribution in [-0.4, -0.2) is 0 Å². The van der Waals surface area contributed by atoms with Crippen molar-refractivity contribution in [3.63, 3.8) is 0 Å². The van der Waals surface area contributed by atoms with Gasteiger partial charge in [0.2, 0.25) is 0 Å². The number of hydrogen-bond donors (Lipinski definition) is 0. The first-order valence-electron chi connectivity index (χ1n) is 5.08. The molecular weight excluding hydrogens is 199 g/mol. The summed E-state index contributed by atoms with van der Waals surface area (Å²) in [5, 5.41) is 0. The minimum Gasteiger partial charge on any atom is -0.207 e. The third-order valence-corrected chi connectivity index (χ3v) is 2.31. The van der Waals surface area contributed by atoms with E-state index in [1.165, 1.54) is 12.1 Å². The third kappa shape index (κ3) is 2.29. The predicted molar refractivity (Wildman–Crippen MR) is 64.4 cm³/mol. The Morgan fingerprint density at radius 2 is 1.69 bits per heavy atom. The average Bonchev–Trinajstić information content (AvgIpc) is 2.30. The molecule has 0 N–H and O–H groups in total. The van der Waals surface area contributed by atoms with Crippen molar-refractivity contribution in [1.82, 2.24) is 0 Å². The van der Waals surface area contributed by atoms with Gasteiger partial charge in [0, 0.05) is 5.56 Å². The second-order valence-corrected chi connectivity index (χ2v) is 3.46. The molecule has 0 aliphatic rings. The Balaban J connectivity index is 2.37. The van der Waals surface area contributed by atoms with Crippen molar-refractivity contribution in [1.29, 1.82) is 0 Å². The lowest BCUT2D eigenvalue weighted by molar-refractivity contribution is 0.628. The van der Waals surface area contributed by atoms with Crippen LogP contribution in [0.25, 0.3) is 11.1 Å². The normalized spacial score (nSPS) is 9.38. The molecule has 0 saturated carbocycles. The van der Waals surface area contributed by atoms with E-state index in [1.807, 2.05) is 30.3 Å². The zero-order chi connectivity index (χ0) is 11.4. The molecule has 0 aromatic heterocycles. The lowest BCUT2D eigenvalue weighted by Crippen LogP contribution is -1.80. The average molecular weight is 210 g/mol. The summed E-state index contributed by atoms with van der Waals surface area (Å²) in [5.41, 5.74) is 2.86. The molecule has 0 aliphatic heterocycles. The fourth-order valence-electron chi connectivity index (χ4n) is 1.56. The maximum Gasteiger partial charge on any atom is 0.123 e. The van der Waals surface area contributed by atoms with Crippen LogP contribution < -0.4 is 0 Å². The Morgan fingerprint density at radius 3 is 2.31 bits per heavy atom. The summed E-state index contributed by atoms with van der Waals surface area (Å²) in [4.78, 5) is 0. The first kappa shape index (κ1) is 10.4. The number of halogens is 1. The van der Waals surface area contributed by atoms with E-state index in [0.29, 0.717) is 0 Å². The molecule has 0 aliphatic carbocycles. The first-order chi connectivity index (χ1) is 7.79. The van der Waals surface area contributed by atoms with E-state index >= 15 is 0 Å². The van der Waals surface area contributed by atoms with Crippen LogP contribution in [0.15, 0.2) is 48.5 Å². The van der Waals surface area contributed by atoms with Crippen LogP contribution >= 0.6 is 0 Å². The fourth-order valence-corrected chi connectivity index (χ4v) is 1.56. The Bertz CT molecular complexity index is 542. The van der Waals surface area contributed by atoms with Gasteiger partial charge >= 0.3 is 0 Å². The minimum atomic E-state index is -0.213. The molecule has 2 aromatic rings. The zero-order valence-corrected chi connectivity index (χ0v) is 9.00. The van der Waals surface area contributed by atoms with E-state index < -0.39 is 0 Å². The second kappa shape index (κ2) is 4.63. The SMILES string of the molecule is CC#Cc1ccc(-c2cccc(F)c2)cc1. The van der Waals surface area contributed by atoms with Gasteiger partial charge in [-0.2, -0.15) is 0 Å². The molecule has 0 nitrogen and oxygen atoms in total. The standard InChI is InChI=1S/C15H11F/c1-2-4-12-7-9-13(10-8-12)14-5-3-6-15(16)11-14/h3,5-11H,1H3. The summed E-state index contributed by atoms with van der Waals surface area (Å²) >= 11 is 0. The fraction of sp³-hybridized carbons (Fsp3) is 0.0667. The van der Waals surface area contributed by atoms with Gasteiger partial charge in [0.25, 0.3) is 0 Å². The molecule has 0 saturated heterocycles. The molecule has 0 spiro atoms. The van der Waals surface area contributed by atoms with Gasteiger partial charge in [-0.3, -0.25) is 0 Å². The highest BCUT2D eigenvalue weighted by molar-refractivity contribution is 5.64. The molecule has 0 atom stereocenters. The van der Waals surface area contributed by atoms with E-state index in [2.05, 4.69) is 11.8 Å². The van der Waals surface area contributed by atoms with Gasteiger partial charge in [0.05, 0.1) is 0 Å². The van der Waals surface area contributed by atoms with Gasteiger partial charge in [-0.05, 0) is 42.3 Å². The molecule has 0 unspecified atom stereocenters. The lowest BCUT2D eigenvalue weighted by atomic mass is 10.0. The summed E-state index contributed by atoms with van der Waals surface area (Å²) in [6, 6.07) is 14.4. The smallest absolute Gasteiger partial charge is 0.123 e. The van der Waals surface area contributed by atoms with Gasteiger partial charge in [0.1, 0.15) is 5.82 Å². The monoisotopic (exact) mass is 210 g/mol. The topological polar surface area (TPSA) is 0 Å². The van der Waals surface area contributed by atoms with Gasteiger partial charge in [-0.1, -0.05) is 30.2 Å². The Kier molecular flexibility index (Phi) is 3.03. The summed E-state index contributed by atoms with van der Waals surface area (Å²) in [6.45, 7) is 1.81. The van der Waals surface area contributed by atoms with Crippen LogP contribution in [0, 0.1) is 17.7 Å². The molecule has 1 heteroatoms. The molecule has 16 heavy (non-hydrogen) atoms. The first-order valence-corrected chi connectivity index (χ1v) is 5.08. The van der Waals surface area contributed by atoms with Crippen molar-refractivity contribution in [2.24, 2.45) is 0 Å². The van der Waals surface area contributed by atoms with E-state index in [-0.39, 0.29) is 5.82 Å². The van der Waals surface area contributed by atoms with Crippen molar-refractivity contribution >= 4 is 0 Å². The Labute approximate surface area is 94.7 Å². The van der Waals surface area contributed by atoms with Crippen molar-refractivity contribution < 1.29 is 4.39 Å². The maximum absolute atomic E-state index is 13.0. The molecule has 2 rings (SSSR count). The molecule has 0 amide bonds. The molecule has 2 aromatic carbocycles. The summed E-state index contributed by atoms with van der Waals surface area (Å²) < 4.78 is 13.0. The van der Waals surface area contributed by atoms with Crippen LogP contribution in [-0.2, 0) is 0 Å². The van der Waals surface area contributed by atoms with Crippen LogP contribution in [0.5, 0.6) is 0 Å². The van der Waals surface area contributed by atoms with Crippen LogP contribution in [0.3, 0.4) is 0 Å². The Hall–Kier alpha value is -2.07.